The van der Waals surface area contributed by atoms with E-state index in [-0.39, 0.29) is 18.0 Å². The summed E-state index contributed by atoms with van der Waals surface area (Å²) in [6, 6.07) is 7.32. The van der Waals surface area contributed by atoms with Crippen molar-refractivity contribution < 1.29 is 9.90 Å². The van der Waals surface area contributed by atoms with Crippen LogP contribution in [0.5, 0.6) is 5.75 Å². The Hall–Kier alpha value is -1.55. The quantitative estimate of drug-likeness (QED) is 0.876. The Balaban J connectivity index is 2.22. The van der Waals surface area contributed by atoms with Crippen molar-refractivity contribution in [2.24, 2.45) is 0 Å². The number of nitrogens with one attached hydrogen (secondary N) is 1. The van der Waals surface area contributed by atoms with Crippen LogP contribution in [0.15, 0.2) is 24.3 Å². The maximum Gasteiger partial charge on any atom is 0.237 e. The molecule has 2 atom stereocenters. The van der Waals surface area contributed by atoms with E-state index in [4.69, 9.17) is 0 Å². The van der Waals surface area contributed by atoms with Gasteiger partial charge in [-0.2, -0.15) is 0 Å². The van der Waals surface area contributed by atoms with E-state index in [9.17, 15) is 9.90 Å². The molecule has 1 aromatic carbocycles. The van der Waals surface area contributed by atoms with Gasteiger partial charge in [0.1, 0.15) is 5.75 Å². The Morgan fingerprint density at radius 2 is 2.16 bits per heavy atom. The summed E-state index contributed by atoms with van der Waals surface area (Å²) in [7, 11) is 1.68. The second kappa shape index (κ2) is 6.06. The fourth-order valence-corrected chi connectivity index (χ4v) is 2.89. The number of phenolic OH excluding ortho intramolecular Hbond substituents is 1. The zero-order valence-electron chi connectivity index (χ0n) is 11.6. The Morgan fingerprint density at radius 1 is 1.42 bits per heavy atom. The summed E-state index contributed by atoms with van der Waals surface area (Å²) in [6.07, 6.45) is 3.07. The number of amides is 1. The van der Waals surface area contributed by atoms with Crippen molar-refractivity contribution in [3.63, 3.8) is 0 Å². The molecule has 0 saturated carbocycles. The van der Waals surface area contributed by atoms with Crippen LogP contribution < -0.4 is 5.32 Å². The van der Waals surface area contributed by atoms with Crippen LogP contribution in [-0.4, -0.2) is 35.5 Å². The predicted octanol–water partition coefficient (Wildman–Crippen LogP) is 2.05. The second-order valence-corrected chi connectivity index (χ2v) is 5.10. The summed E-state index contributed by atoms with van der Waals surface area (Å²) in [5.41, 5.74) is 0.887. The molecular formula is C15H22N2O2. The van der Waals surface area contributed by atoms with E-state index in [1.807, 2.05) is 18.2 Å². The van der Waals surface area contributed by atoms with Crippen molar-refractivity contribution in [1.29, 1.82) is 0 Å². The number of nitrogens with zero attached hydrogens (tertiary/aromatic N) is 1. The van der Waals surface area contributed by atoms with Crippen LogP contribution in [0.1, 0.15) is 37.8 Å². The van der Waals surface area contributed by atoms with E-state index in [0.29, 0.717) is 5.75 Å². The number of aromatic hydroxyl groups is 1. The van der Waals surface area contributed by atoms with Gasteiger partial charge in [-0.05, 0) is 32.4 Å². The average Bonchev–Trinajstić information content (AvgIpc) is 2.46. The number of carbonyl (C=O) groups excluding carboxylic acids is 1. The maximum atomic E-state index is 12.0. The summed E-state index contributed by atoms with van der Waals surface area (Å²) in [4.78, 5) is 14.2. The minimum Gasteiger partial charge on any atom is -0.508 e. The van der Waals surface area contributed by atoms with Crippen LogP contribution in [0.3, 0.4) is 0 Å². The number of piperidine rings is 1. The first-order valence-electron chi connectivity index (χ1n) is 6.90. The number of benzene rings is 1. The van der Waals surface area contributed by atoms with Crippen LogP contribution in [0.2, 0.25) is 0 Å². The van der Waals surface area contributed by atoms with E-state index in [2.05, 4.69) is 17.1 Å². The highest BCUT2D eigenvalue weighted by Gasteiger charge is 2.32. The number of para-hydroxylation sites is 1. The summed E-state index contributed by atoms with van der Waals surface area (Å²) in [5.74, 6) is 0.373. The summed E-state index contributed by atoms with van der Waals surface area (Å²) < 4.78 is 0. The normalized spacial score (nSPS) is 21.9. The first kappa shape index (κ1) is 13.9. The smallest absolute Gasteiger partial charge is 0.237 e. The van der Waals surface area contributed by atoms with Crippen molar-refractivity contribution in [1.82, 2.24) is 10.2 Å². The first-order chi connectivity index (χ1) is 9.15. The van der Waals surface area contributed by atoms with Crippen LogP contribution >= 0.6 is 0 Å². The van der Waals surface area contributed by atoms with Crippen LogP contribution in [-0.2, 0) is 4.79 Å². The molecule has 104 valence electrons. The molecule has 1 heterocycles. The van der Waals surface area contributed by atoms with Gasteiger partial charge in [-0.15, -0.1) is 0 Å². The molecule has 2 N–H and O–H groups in total. The number of hydrogen-bond donors (Lipinski definition) is 2. The molecule has 0 spiro atoms. The van der Waals surface area contributed by atoms with Gasteiger partial charge in [0.2, 0.25) is 5.91 Å². The number of hydrogen-bond acceptors (Lipinski definition) is 3. The molecule has 0 aliphatic carbocycles. The van der Waals surface area contributed by atoms with Crippen molar-refractivity contribution in [2.75, 3.05) is 13.6 Å². The highest BCUT2D eigenvalue weighted by atomic mass is 16.3. The Labute approximate surface area is 114 Å². The molecule has 0 radical (unpaired) electrons. The fourth-order valence-electron chi connectivity index (χ4n) is 2.89. The maximum absolute atomic E-state index is 12.0. The van der Waals surface area contributed by atoms with Gasteiger partial charge in [0.25, 0.3) is 0 Å². The molecule has 0 aromatic heterocycles. The van der Waals surface area contributed by atoms with E-state index < -0.39 is 0 Å². The summed E-state index contributed by atoms with van der Waals surface area (Å²) in [6.45, 7) is 2.95. The van der Waals surface area contributed by atoms with Gasteiger partial charge >= 0.3 is 0 Å². The topological polar surface area (TPSA) is 52.6 Å². The average molecular weight is 262 g/mol. The number of likely N-dealkylation sites (N-methyl/N-ethyl adjacent to an activating group) is 1. The third-order valence-corrected chi connectivity index (χ3v) is 3.98. The zero-order chi connectivity index (χ0) is 13.8. The van der Waals surface area contributed by atoms with Gasteiger partial charge < -0.3 is 10.4 Å². The second-order valence-electron chi connectivity index (χ2n) is 5.10. The molecular weight excluding hydrogens is 240 g/mol. The number of likely N-dealkylation sites (tertiary alicyclic amines) is 1. The molecule has 4 heteroatoms. The summed E-state index contributed by atoms with van der Waals surface area (Å²) >= 11 is 0. The molecule has 1 fully saturated rings. The predicted molar refractivity (Wildman–Crippen MR) is 74.9 cm³/mol. The fraction of sp³-hybridized carbons (Fsp3) is 0.533. The van der Waals surface area contributed by atoms with E-state index in [1.54, 1.807) is 13.1 Å². The largest absolute Gasteiger partial charge is 0.508 e. The SMILES string of the molecule is CNC(=O)C1CCCCN1C(C)c1ccccc1O. The lowest BCUT2D eigenvalue weighted by molar-refractivity contribution is -0.128. The molecule has 1 amide bonds. The van der Waals surface area contributed by atoms with Gasteiger partial charge in [0.15, 0.2) is 0 Å². The third kappa shape index (κ3) is 2.89. The van der Waals surface area contributed by atoms with Crippen LogP contribution in [0.4, 0.5) is 0 Å². The van der Waals surface area contributed by atoms with Crippen molar-refractivity contribution >= 4 is 5.91 Å². The molecule has 1 saturated heterocycles. The van der Waals surface area contributed by atoms with Gasteiger partial charge in [-0.1, -0.05) is 24.6 Å². The molecule has 1 aliphatic rings. The van der Waals surface area contributed by atoms with E-state index in [1.165, 1.54) is 0 Å². The number of rotatable bonds is 3. The Morgan fingerprint density at radius 3 is 2.84 bits per heavy atom. The van der Waals surface area contributed by atoms with Crippen molar-refractivity contribution in [3.05, 3.63) is 29.8 Å². The highest BCUT2D eigenvalue weighted by molar-refractivity contribution is 5.81. The van der Waals surface area contributed by atoms with Gasteiger partial charge in [-0.3, -0.25) is 9.69 Å². The lowest BCUT2D eigenvalue weighted by atomic mass is 9.96. The lowest BCUT2D eigenvalue weighted by Crippen LogP contribution is -2.49. The first-order valence-corrected chi connectivity index (χ1v) is 6.90. The highest BCUT2D eigenvalue weighted by Crippen LogP contribution is 2.32. The molecule has 19 heavy (non-hydrogen) atoms. The van der Waals surface area contributed by atoms with Gasteiger partial charge in [0, 0.05) is 18.7 Å². The van der Waals surface area contributed by atoms with Gasteiger partial charge in [0.05, 0.1) is 6.04 Å². The molecule has 2 rings (SSSR count). The number of carbonyl (C=O) groups is 1. The van der Waals surface area contributed by atoms with Gasteiger partial charge in [-0.25, -0.2) is 0 Å². The monoisotopic (exact) mass is 262 g/mol. The molecule has 0 bridgehead atoms. The van der Waals surface area contributed by atoms with Crippen LogP contribution in [0.25, 0.3) is 0 Å². The molecule has 4 nitrogen and oxygen atoms in total. The summed E-state index contributed by atoms with van der Waals surface area (Å²) in [5, 5.41) is 12.7. The van der Waals surface area contributed by atoms with Crippen molar-refractivity contribution in [2.45, 2.75) is 38.3 Å². The van der Waals surface area contributed by atoms with E-state index >= 15 is 0 Å². The molecule has 1 aliphatic heterocycles. The minimum atomic E-state index is -0.0895. The standard InChI is InChI=1S/C15H22N2O2/c1-11(12-7-3-4-9-14(12)18)17-10-6-5-8-13(17)15(19)16-2/h3-4,7,9,11,13,18H,5-6,8,10H2,1-2H3,(H,16,19). The van der Waals surface area contributed by atoms with Crippen molar-refractivity contribution in [3.8, 4) is 5.75 Å². The van der Waals surface area contributed by atoms with Crippen LogP contribution in [0, 0.1) is 0 Å². The lowest BCUT2D eigenvalue weighted by Gasteiger charge is -2.39. The Kier molecular flexibility index (Phi) is 4.43. The van der Waals surface area contributed by atoms with E-state index in [0.717, 1.165) is 31.4 Å². The zero-order valence-corrected chi connectivity index (χ0v) is 11.6. The Bertz CT molecular complexity index is 448. The minimum absolute atomic E-state index is 0.0452. The molecule has 1 aromatic rings. The third-order valence-electron chi connectivity index (χ3n) is 3.98. The molecule has 2 unspecified atom stereocenters. The number of phenols is 1.